The van der Waals surface area contributed by atoms with Gasteiger partial charge in [-0.3, -0.25) is 9.78 Å². The van der Waals surface area contributed by atoms with Crippen LogP contribution in [0.4, 0.5) is 14.5 Å². The topological polar surface area (TPSA) is 110 Å². The molecule has 1 aliphatic heterocycles. The molecule has 10 heteroatoms. The molecular formula is C24H24F2N4O3S. The number of anilines is 1. The molecule has 1 aromatic carbocycles. The van der Waals surface area contributed by atoms with Gasteiger partial charge in [-0.2, -0.15) is 0 Å². The summed E-state index contributed by atoms with van der Waals surface area (Å²) in [4.78, 5) is 21.2. The van der Waals surface area contributed by atoms with Gasteiger partial charge >= 0.3 is 0 Å². The minimum atomic E-state index is -1.13. The van der Waals surface area contributed by atoms with Crippen molar-refractivity contribution in [2.45, 2.75) is 50.0 Å². The van der Waals surface area contributed by atoms with Crippen molar-refractivity contribution in [3.05, 3.63) is 64.9 Å². The van der Waals surface area contributed by atoms with Crippen molar-refractivity contribution in [1.82, 2.24) is 9.97 Å². The molecule has 2 fully saturated rings. The van der Waals surface area contributed by atoms with Gasteiger partial charge in [-0.25, -0.2) is 13.8 Å². The Bertz CT molecular complexity index is 1210. The van der Waals surface area contributed by atoms with Crippen LogP contribution in [-0.4, -0.2) is 38.7 Å². The first-order chi connectivity index (χ1) is 16.3. The Labute approximate surface area is 199 Å². The molecule has 5 rings (SSSR count). The SMILES string of the molecule is C[C@]1(O)[C@H](N)C[C@H](c2ccncc2NC(=O)c2csc(-c3c(F)cccc3F)n2)O[C@@H]1C1CC1. The zero-order valence-corrected chi connectivity index (χ0v) is 19.2. The summed E-state index contributed by atoms with van der Waals surface area (Å²) in [6.07, 6.45) is 4.61. The highest BCUT2D eigenvalue weighted by Gasteiger charge is 2.52. The van der Waals surface area contributed by atoms with Crippen LogP contribution in [0.2, 0.25) is 0 Å². The van der Waals surface area contributed by atoms with E-state index in [4.69, 9.17) is 10.5 Å². The summed E-state index contributed by atoms with van der Waals surface area (Å²) in [6.45, 7) is 1.71. The van der Waals surface area contributed by atoms with Gasteiger partial charge in [0, 0.05) is 23.2 Å². The smallest absolute Gasteiger partial charge is 0.275 e. The van der Waals surface area contributed by atoms with Gasteiger partial charge in [0.05, 0.1) is 29.7 Å². The largest absolute Gasteiger partial charge is 0.386 e. The molecule has 3 heterocycles. The van der Waals surface area contributed by atoms with Gasteiger partial charge in [-0.05, 0) is 50.3 Å². The third kappa shape index (κ3) is 4.22. The van der Waals surface area contributed by atoms with Crippen LogP contribution in [0.5, 0.6) is 0 Å². The van der Waals surface area contributed by atoms with E-state index in [-0.39, 0.29) is 22.2 Å². The van der Waals surface area contributed by atoms with E-state index in [1.54, 1.807) is 19.2 Å². The van der Waals surface area contributed by atoms with E-state index in [2.05, 4.69) is 15.3 Å². The molecule has 7 nitrogen and oxygen atoms in total. The molecule has 2 aromatic heterocycles. The second-order valence-corrected chi connectivity index (χ2v) is 9.86. The van der Waals surface area contributed by atoms with Gasteiger partial charge in [-0.1, -0.05) is 6.07 Å². The molecule has 4 atom stereocenters. The molecule has 0 spiro atoms. The highest BCUT2D eigenvalue weighted by atomic mass is 32.1. The van der Waals surface area contributed by atoms with Crippen LogP contribution in [0, 0.1) is 17.6 Å². The third-order valence-corrected chi connectivity index (χ3v) is 7.38. The van der Waals surface area contributed by atoms with Crippen LogP contribution in [0.15, 0.2) is 42.0 Å². The van der Waals surface area contributed by atoms with Crippen LogP contribution in [0.25, 0.3) is 10.6 Å². The molecule has 34 heavy (non-hydrogen) atoms. The van der Waals surface area contributed by atoms with Gasteiger partial charge < -0.3 is 20.9 Å². The summed E-state index contributed by atoms with van der Waals surface area (Å²) in [5.41, 5.74) is 6.06. The zero-order chi connectivity index (χ0) is 24.0. The summed E-state index contributed by atoms with van der Waals surface area (Å²) < 4.78 is 34.5. The maximum absolute atomic E-state index is 14.1. The number of aliphatic hydroxyl groups is 1. The number of carbonyl (C=O) groups excluding carboxylic acids is 1. The minimum Gasteiger partial charge on any atom is -0.386 e. The number of hydrogen-bond acceptors (Lipinski definition) is 7. The lowest BCUT2D eigenvalue weighted by atomic mass is 9.80. The monoisotopic (exact) mass is 486 g/mol. The lowest BCUT2D eigenvalue weighted by Crippen LogP contribution is -2.60. The van der Waals surface area contributed by atoms with Crippen LogP contribution in [0.3, 0.4) is 0 Å². The number of aromatic nitrogens is 2. The van der Waals surface area contributed by atoms with E-state index in [9.17, 15) is 18.7 Å². The number of nitrogens with one attached hydrogen (secondary N) is 1. The quantitative estimate of drug-likeness (QED) is 0.502. The molecule has 1 aliphatic carbocycles. The Hall–Kier alpha value is -2.79. The second-order valence-electron chi connectivity index (χ2n) is 9.00. The van der Waals surface area contributed by atoms with Crippen molar-refractivity contribution in [3.63, 3.8) is 0 Å². The van der Waals surface area contributed by atoms with E-state index in [1.165, 1.54) is 17.6 Å². The molecular weight excluding hydrogens is 462 g/mol. The van der Waals surface area contributed by atoms with Crippen molar-refractivity contribution < 1.29 is 23.4 Å². The highest BCUT2D eigenvalue weighted by molar-refractivity contribution is 7.13. The molecule has 1 saturated carbocycles. The number of nitrogens with two attached hydrogens (primary N) is 1. The van der Waals surface area contributed by atoms with Gasteiger partial charge in [0.15, 0.2) is 0 Å². The summed E-state index contributed by atoms with van der Waals surface area (Å²) >= 11 is 0.976. The van der Waals surface area contributed by atoms with Crippen LogP contribution >= 0.6 is 11.3 Å². The average molecular weight is 487 g/mol. The number of benzene rings is 1. The van der Waals surface area contributed by atoms with Crippen LogP contribution < -0.4 is 11.1 Å². The van der Waals surface area contributed by atoms with Gasteiger partial charge in [0.1, 0.15) is 27.9 Å². The number of nitrogens with zero attached hydrogens (tertiary/aromatic N) is 2. The standard InChI is InChI=1S/C24H24F2N4O3S/c1-24(32)19(27)9-18(33-21(24)12-5-6-12)13-7-8-28-10-16(13)29-22(31)17-11-34-23(30-17)20-14(25)3-2-4-15(20)26/h2-4,7-8,10-12,18-19,21,32H,5-6,9,27H2,1H3,(H,29,31)/t18-,19-,21-,24+/m1/s1. The van der Waals surface area contributed by atoms with E-state index < -0.39 is 41.4 Å². The van der Waals surface area contributed by atoms with Crippen LogP contribution in [-0.2, 0) is 4.74 Å². The molecule has 178 valence electrons. The van der Waals surface area contributed by atoms with Crippen molar-refractivity contribution in [3.8, 4) is 10.6 Å². The van der Waals surface area contributed by atoms with Crippen LogP contribution in [0.1, 0.15) is 48.3 Å². The Morgan fingerprint density at radius 3 is 2.74 bits per heavy atom. The van der Waals surface area contributed by atoms with Gasteiger partial charge in [-0.15, -0.1) is 11.3 Å². The maximum atomic E-state index is 14.1. The first-order valence-electron chi connectivity index (χ1n) is 11.0. The first kappa shape index (κ1) is 23.0. The molecule has 1 amide bonds. The Balaban J connectivity index is 1.38. The Kier molecular flexibility index (Phi) is 5.93. The van der Waals surface area contributed by atoms with Crippen molar-refractivity contribution in [1.29, 1.82) is 0 Å². The van der Waals surface area contributed by atoms with E-state index in [1.807, 2.05) is 0 Å². The molecule has 2 aliphatic rings. The Morgan fingerprint density at radius 1 is 1.29 bits per heavy atom. The van der Waals surface area contributed by atoms with Crippen molar-refractivity contribution in [2.24, 2.45) is 11.7 Å². The third-order valence-electron chi connectivity index (χ3n) is 6.52. The van der Waals surface area contributed by atoms with Gasteiger partial charge in [0.25, 0.3) is 5.91 Å². The number of thiazole rings is 1. The highest BCUT2D eigenvalue weighted by Crippen LogP contribution is 2.47. The average Bonchev–Trinajstić information content (AvgIpc) is 3.52. The predicted octanol–water partition coefficient (Wildman–Crippen LogP) is 4.05. The van der Waals surface area contributed by atoms with Crippen molar-refractivity contribution in [2.75, 3.05) is 5.32 Å². The number of ether oxygens (including phenoxy) is 1. The number of hydrogen-bond donors (Lipinski definition) is 3. The summed E-state index contributed by atoms with van der Waals surface area (Å²) in [5.74, 6) is -1.78. The number of amides is 1. The van der Waals surface area contributed by atoms with E-state index >= 15 is 0 Å². The number of rotatable bonds is 5. The molecule has 4 N–H and O–H groups in total. The minimum absolute atomic E-state index is 0.0255. The first-order valence-corrected chi connectivity index (χ1v) is 11.9. The number of halogens is 2. The summed E-state index contributed by atoms with van der Waals surface area (Å²) in [5, 5.41) is 15.2. The summed E-state index contributed by atoms with van der Waals surface area (Å²) in [7, 11) is 0. The lowest BCUT2D eigenvalue weighted by Gasteiger charge is -2.45. The molecule has 3 aromatic rings. The normalized spacial score (nSPS) is 26.9. The predicted molar refractivity (Wildman–Crippen MR) is 123 cm³/mol. The molecule has 0 bridgehead atoms. The van der Waals surface area contributed by atoms with Gasteiger partial charge in [0.2, 0.25) is 0 Å². The van der Waals surface area contributed by atoms with E-state index in [0.29, 0.717) is 17.7 Å². The zero-order valence-electron chi connectivity index (χ0n) is 18.4. The molecule has 1 saturated heterocycles. The Morgan fingerprint density at radius 2 is 2.03 bits per heavy atom. The van der Waals surface area contributed by atoms with Crippen molar-refractivity contribution >= 4 is 22.9 Å². The lowest BCUT2D eigenvalue weighted by molar-refractivity contribution is -0.186. The second kappa shape index (κ2) is 8.77. The molecule has 0 unspecified atom stereocenters. The molecule has 0 radical (unpaired) electrons. The maximum Gasteiger partial charge on any atom is 0.275 e. The fraction of sp³-hybridized carbons (Fsp3) is 0.375. The fourth-order valence-electron chi connectivity index (χ4n) is 4.41. The summed E-state index contributed by atoms with van der Waals surface area (Å²) in [6, 6.07) is 4.81. The number of carbonyl (C=O) groups is 1. The van der Waals surface area contributed by atoms with E-state index in [0.717, 1.165) is 36.3 Å². The fourth-order valence-corrected chi connectivity index (χ4v) is 5.26. The number of pyridine rings is 1.